The Balaban J connectivity index is 0.00000144. The molecule has 0 amide bonds. The first-order valence-electron chi connectivity index (χ1n) is 3.03. The van der Waals surface area contributed by atoms with E-state index in [2.05, 4.69) is 4.98 Å². The molecule has 0 aliphatic carbocycles. The standard InChI is InChI=1S/C7H5NO4.Pb.2H/c9-6(10)4-1-2-8-3-5(4)7(11)12;;;/h1-3H,(H,9,10)(H,11,12);;;. The van der Waals surface area contributed by atoms with Gasteiger partial charge in [0.15, 0.2) is 0 Å². The van der Waals surface area contributed by atoms with Crippen LogP contribution < -0.4 is 0 Å². The summed E-state index contributed by atoms with van der Waals surface area (Å²) in [5.41, 5.74) is -0.553. The van der Waals surface area contributed by atoms with Crippen LogP contribution in [0.1, 0.15) is 20.7 Å². The summed E-state index contributed by atoms with van der Waals surface area (Å²) >= 11 is 0. The molecule has 0 bridgehead atoms. The van der Waals surface area contributed by atoms with Crippen molar-refractivity contribution in [3.8, 4) is 0 Å². The second-order valence-corrected chi connectivity index (χ2v) is 2.03. The Hall–Kier alpha value is -0.988. The SMILES string of the molecule is O=C(O)c1ccncc1C(=O)O.[PbH2]. The van der Waals surface area contributed by atoms with Gasteiger partial charge in [-0.25, -0.2) is 9.59 Å². The van der Waals surface area contributed by atoms with E-state index in [0.29, 0.717) is 0 Å². The minimum atomic E-state index is -1.29. The molecule has 1 aromatic heterocycles. The molecule has 0 fully saturated rings. The van der Waals surface area contributed by atoms with Gasteiger partial charge in [0, 0.05) is 12.4 Å². The van der Waals surface area contributed by atoms with Gasteiger partial charge < -0.3 is 10.2 Å². The molecule has 1 rings (SSSR count). The number of hydrogen-bond acceptors (Lipinski definition) is 3. The van der Waals surface area contributed by atoms with Crippen molar-refractivity contribution in [2.75, 3.05) is 0 Å². The van der Waals surface area contributed by atoms with Crippen molar-refractivity contribution >= 4 is 39.2 Å². The van der Waals surface area contributed by atoms with Crippen molar-refractivity contribution in [1.29, 1.82) is 0 Å². The Kier molecular flexibility index (Phi) is 4.53. The van der Waals surface area contributed by atoms with Crippen LogP contribution in [-0.2, 0) is 0 Å². The summed E-state index contributed by atoms with van der Waals surface area (Å²) in [5.74, 6) is -2.56. The van der Waals surface area contributed by atoms with Crippen LogP contribution in [0.3, 0.4) is 0 Å². The molecule has 68 valence electrons. The quantitative estimate of drug-likeness (QED) is 0.684. The second kappa shape index (κ2) is 4.90. The van der Waals surface area contributed by atoms with E-state index in [-0.39, 0.29) is 38.4 Å². The maximum atomic E-state index is 10.4. The molecule has 0 saturated heterocycles. The molecule has 5 nitrogen and oxygen atoms in total. The number of aromatic carboxylic acids is 2. The molecule has 0 aliphatic rings. The zero-order valence-corrected chi connectivity index (χ0v) is 12.1. The fourth-order valence-corrected chi connectivity index (χ4v) is 0.751. The Labute approximate surface area is 93.6 Å². The van der Waals surface area contributed by atoms with Crippen molar-refractivity contribution < 1.29 is 19.8 Å². The summed E-state index contributed by atoms with van der Waals surface area (Å²) in [7, 11) is 0. The predicted molar refractivity (Wildman–Crippen MR) is 46.7 cm³/mol. The average molecular weight is 376 g/mol. The van der Waals surface area contributed by atoms with Gasteiger partial charge in [0.05, 0.1) is 11.1 Å². The van der Waals surface area contributed by atoms with E-state index in [1.54, 1.807) is 0 Å². The second-order valence-electron chi connectivity index (χ2n) is 2.03. The first-order chi connectivity index (χ1) is 5.63. The number of hydrogen-bond donors (Lipinski definition) is 2. The van der Waals surface area contributed by atoms with Crippen LogP contribution in [0.4, 0.5) is 0 Å². The van der Waals surface area contributed by atoms with Gasteiger partial charge in [-0.1, -0.05) is 0 Å². The summed E-state index contributed by atoms with van der Waals surface area (Å²) in [5, 5.41) is 17.0. The van der Waals surface area contributed by atoms with Crippen molar-refractivity contribution in [3.05, 3.63) is 29.6 Å². The van der Waals surface area contributed by atoms with E-state index in [9.17, 15) is 9.59 Å². The fraction of sp³-hybridized carbons (Fsp3) is 0. The van der Waals surface area contributed by atoms with E-state index in [1.807, 2.05) is 0 Å². The van der Waals surface area contributed by atoms with Crippen LogP contribution in [-0.4, -0.2) is 54.4 Å². The first-order valence-corrected chi connectivity index (χ1v) is 3.03. The summed E-state index contributed by atoms with van der Waals surface area (Å²) in [6.45, 7) is 0. The first kappa shape index (κ1) is 12.0. The molecule has 0 atom stereocenters. The molecular formula is C7H7NO4Pb. The number of pyridine rings is 1. The molecule has 0 spiro atoms. The third-order valence-corrected chi connectivity index (χ3v) is 1.28. The van der Waals surface area contributed by atoms with Crippen molar-refractivity contribution in [1.82, 2.24) is 4.98 Å². The van der Waals surface area contributed by atoms with Gasteiger partial charge in [-0.2, -0.15) is 0 Å². The summed E-state index contributed by atoms with van der Waals surface area (Å²) < 4.78 is 0. The molecule has 0 aromatic carbocycles. The molecule has 0 aliphatic heterocycles. The molecule has 6 heteroatoms. The summed E-state index contributed by atoms with van der Waals surface area (Å²) in [4.78, 5) is 24.4. The number of carboxylic acids is 2. The van der Waals surface area contributed by atoms with E-state index >= 15 is 0 Å². The zero-order valence-electron chi connectivity index (χ0n) is 6.60. The van der Waals surface area contributed by atoms with Crippen LogP contribution in [0.2, 0.25) is 0 Å². The van der Waals surface area contributed by atoms with Gasteiger partial charge in [0.1, 0.15) is 0 Å². The van der Waals surface area contributed by atoms with Crippen molar-refractivity contribution in [2.45, 2.75) is 0 Å². The molecule has 13 heavy (non-hydrogen) atoms. The Bertz CT molecular complexity index is 306. The molecule has 1 aromatic rings. The molecular weight excluding hydrogens is 369 g/mol. The van der Waals surface area contributed by atoms with Gasteiger partial charge >= 0.3 is 39.2 Å². The van der Waals surface area contributed by atoms with E-state index in [0.717, 1.165) is 12.3 Å². The molecule has 2 N–H and O–H groups in total. The molecule has 0 unspecified atom stereocenters. The average Bonchev–Trinajstić information content (AvgIpc) is 2.04. The van der Waals surface area contributed by atoms with Gasteiger partial charge in [-0.3, -0.25) is 4.98 Å². The number of aromatic nitrogens is 1. The van der Waals surface area contributed by atoms with E-state index < -0.39 is 11.9 Å². The van der Waals surface area contributed by atoms with Crippen LogP contribution in [0.15, 0.2) is 18.5 Å². The number of nitrogens with zero attached hydrogens (tertiary/aromatic N) is 1. The topological polar surface area (TPSA) is 87.5 Å². The fourth-order valence-electron chi connectivity index (χ4n) is 0.751. The molecule has 0 saturated carbocycles. The van der Waals surface area contributed by atoms with Crippen LogP contribution >= 0.6 is 0 Å². The van der Waals surface area contributed by atoms with Crippen LogP contribution in [0.5, 0.6) is 0 Å². The Morgan fingerprint density at radius 1 is 1.15 bits per heavy atom. The third kappa shape index (κ3) is 2.76. The number of carboxylic acid groups (broad SMARTS) is 2. The maximum absolute atomic E-state index is 10.4. The van der Waals surface area contributed by atoms with Crippen LogP contribution in [0, 0.1) is 0 Å². The van der Waals surface area contributed by atoms with Gasteiger partial charge in [-0.05, 0) is 6.07 Å². The Morgan fingerprint density at radius 3 is 2.08 bits per heavy atom. The van der Waals surface area contributed by atoms with Crippen molar-refractivity contribution in [2.24, 2.45) is 0 Å². The summed E-state index contributed by atoms with van der Waals surface area (Å²) in [6.07, 6.45) is 2.24. The van der Waals surface area contributed by atoms with E-state index in [1.165, 1.54) is 6.20 Å². The molecule has 2 radical (unpaired) electrons. The van der Waals surface area contributed by atoms with Crippen LogP contribution in [0.25, 0.3) is 0 Å². The monoisotopic (exact) mass is 377 g/mol. The number of rotatable bonds is 2. The number of carbonyl (C=O) groups is 2. The zero-order chi connectivity index (χ0) is 9.14. The minimum absolute atomic E-state index is 0. The van der Waals surface area contributed by atoms with Gasteiger partial charge in [0.2, 0.25) is 0 Å². The third-order valence-electron chi connectivity index (χ3n) is 1.28. The normalized spacial score (nSPS) is 8.62. The Morgan fingerprint density at radius 2 is 1.69 bits per heavy atom. The van der Waals surface area contributed by atoms with Gasteiger partial charge in [-0.15, -0.1) is 0 Å². The van der Waals surface area contributed by atoms with Crippen molar-refractivity contribution in [3.63, 3.8) is 0 Å². The predicted octanol–water partition coefficient (Wildman–Crippen LogP) is -0.438. The van der Waals surface area contributed by atoms with E-state index in [4.69, 9.17) is 10.2 Å². The van der Waals surface area contributed by atoms with Gasteiger partial charge in [0.25, 0.3) is 0 Å². The summed E-state index contributed by atoms with van der Waals surface area (Å²) in [6, 6.07) is 1.14. The molecule has 1 heterocycles.